The summed E-state index contributed by atoms with van der Waals surface area (Å²) in [4.78, 5) is 24.1. The van der Waals surface area contributed by atoms with Crippen molar-refractivity contribution in [3.8, 4) is 0 Å². The lowest BCUT2D eigenvalue weighted by Gasteiger charge is -2.13. The fraction of sp³-hybridized carbons (Fsp3) is 0.200. The Morgan fingerprint density at radius 1 is 1.15 bits per heavy atom. The van der Waals surface area contributed by atoms with Gasteiger partial charge in [0.05, 0.1) is 18.7 Å². The quantitative estimate of drug-likeness (QED) is 0.833. The third-order valence-electron chi connectivity index (χ3n) is 4.42. The van der Waals surface area contributed by atoms with Gasteiger partial charge >= 0.3 is 6.09 Å². The maximum absolute atomic E-state index is 12.5. The summed E-state index contributed by atoms with van der Waals surface area (Å²) < 4.78 is 11.0. The van der Waals surface area contributed by atoms with Crippen molar-refractivity contribution in [2.24, 2.45) is 0 Å². The summed E-state index contributed by atoms with van der Waals surface area (Å²) >= 11 is 0. The van der Waals surface area contributed by atoms with Gasteiger partial charge in [0.2, 0.25) is 0 Å². The predicted octanol–water partition coefficient (Wildman–Crippen LogP) is 3.32. The zero-order chi connectivity index (χ0) is 18.1. The van der Waals surface area contributed by atoms with Crippen molar-refractivity contribution >= 4 is 29.0 Å². The largest absolute Gasteiger partial charge is 0.482 e. The molecule has 0 radical (unpaired) electrons. The highest BCUT2D eigenvalue weighted by Crippen LogP contribution is 2.45. The third-order valence-corrected chi connectivity index (χ3v) is 4.42. The Bertz CT molecular complexity index is 920. The minimum atomic E-state index is -0.487. The zero-order valence-electron chi connectivity index (χ0n) is 14.2. The summed E-state index contributed by atoms with van der Waals surface area (Å²) in [7, 11) is 0. The van der Waals surface area contributed by atoms with E-state index in [9.17, 15) is 9.59 Å². The number of amides is 2. The molecule has 0 aliphatic carbocycles. The second-order valence-electron chi connectivity index (χ2n) is 6.00. The number of rotatable bonds is 3. The van der Waals surface area contributed by atoms with Crippen LogP contribution in [0.4, 0.5) is 10.5 Å². The van der Waals surface area contributed by atoms with Crippen molar-refractivity contribution in [2.45, 2.75) is 13.0 Å². The van der Waals surface area contributed by atoms with E-state index in [2.05, 4.69) is 10.6 Å². The first-order valence-corrected chi connectivity index (χ1v) is 8.50. The van der Waals surface area contributed by atoms with Gasteiger partial charge in [0, 0.05) is 22.4 Å². The molecule has 132 valence electrons. The van der Waals surface area contributed by atoms with E-state index in [1.807, 2.05) is 48.5 Å². The molecule has 6 nitrogen and oxygen atoms in total. The number of carbonyl (C=O) groups excluding carboxylic acids is 2. The molecule has 0 saturated carbocycles. The van der Waals surface area contributed by atoms with Crippen LogP contribution in [-0.2, 0) is 14.3 Å². The second-order valence-corrected chi connectivity index (χ2v) is 6.00. The van der Waals surface area contributed by atoms with E-state index in [-0.39, 0.29) is 18.6 Å². The van der Waals surface area contributed by atoms with Crippen LogP contribution in [0.15, 0.2) is 48.5 Å². The third kappa shape index (κ3) is 2.69. The molecule has 2 N–H and O–H groups in total. The van der Waals surface area contributed by atoms with Crippen molar-refractivity contribution in [1.29, 1.82) is 0 Å². The smallest absolute Gasteiger partial charge is 0.407 e. The number of hydrogen-bond donors (Lipinski definition) is 2. The average Bonchev–Trinajstić information content (AvgIpc) is 3.17. The van der Waals surface area contributed by atoms with Crippen molar-refractivity contribution in [1.82, 2.24) is 5.32 Å². The number of anilines is 1. The average molecular weight is 350 g/mol. The van der Waals surface area contributed by atoms with E-state index in [0.29, 0.717) is 17.9 Å². The number of para-hydroxylation sites is 1. The lowest BCUT2D eigenvalue weighted by molar-refractivity contribution is -0.110. The Labute approximate surface area is 150 Å². The molecule has 0 saturated heterocycles. The van der Waals surface area contributed by atoms with E-state index in [0.717, 1.165) is 22.4 Å². The molecule has 2 aromatic rings. The van der Waals surface area contributed by atoms with E-state index >= 15 is 0 Å². The standard InChI is InChI=1S/C20H18N2O4/c1-2-25-20(24)21-11-16-12-7-3-4-8-13(12)18(26-16)17-14-9-5-6-10-15(14)22-19(17)23/h3-10,16H,2,11H2,1H3,(H,21,24)(H,22,23). The zero-order valence-corrected chi connectivity index (χ0v) is 14.2. The minimum absolute atomic E-state index is 0.185. The van der Waals surface area contributed by atoms with Gasteiger partial charge < -0.3 is 20.1 Å². The molecule has 1 atom stereocenters. The van der Waals surface area contributed by atoms with Crippen LogP contribution in [0.2, 0.25) is 0 Å². The van der Waals surface area contributed by atoms with Gasteiger partial charge in [-0.05, 0) is 13.0 Å². The van der Waals surface area contributed by atoms with Gasteiger partial charge in [-0.3, -0.25) is 4.79 Å². The van der Waals surface area contributed by atoms with Gasteiger partial charge in [-0.15, -0.1) is 0 Å². The van der Waals surface area contributed by atoms with E-state index < -0.39 is 6.09 Å². The molecule has 0 fully saturated rings. The molecule has 2 aliphatic heterocycles. The summed E-state index contributed by atoms with van der Waals surface area (Å²) in [5.74, 6) is 0.355. The Morgan fingerprint density at radius 3 is 2.69 bits per heavy atom. The number of benzene rings is 2. The van der Waals surface area contributed by atoms with E-state index in [4.69, 9.17) is 9.47 Å². The number of ether oxygens (including phenoxy) is 2. The van der Waals surface area contributed by atoms with Crippen LogP contribution in [0, 0.1) is 0 Å². The molecule has 0 spiro atoms. The van der Waals surface area contributed by atoms with Gasteiger partial charge in [0.25, 0.3) is 5.91 Å². The molecule has 2 heterocycles. The second kappa shape index (κ2) is 6.55. The number of fused-ring (bicyclic) bond motifs is 2. The summed E-state index contributed by atoms with van der Waals surface area (Å²) in [6, 6.07) is 15.2. The predicted molar refractivity (Wildman–Crippen MR) is 97.2 cm³/mol. The lowest BCUT2D eigenvalue weighted by Crippen LogP contribution is -2.28. The van der Waals surface area contributed by atoms with Crippen LogP contribution in [0.1, 0.15) is 29.7 Å². The first-order chi connectivity index (χ1) is 12.7. The normalized spacial score (nSPS) is 20.0. The van der Waals surface area contributed by atoms with E-state index in [1.165, 1.54) is 0 Å². The molecule has 26 heavy (non-hydrogen) atoms. The van der Waals surface area contributed by atoms with Gasteiger partial charge in [-0.1, -0.05) is 42.5 Å². The molecule has 2 aromatic carbocycles. The Kier molecular flexibility index (Phi) is 4.08. The lowest BCUT2D eigenvalue weighted by atomic mass is 9.99. The fourth-order valence-corrected chi connectivity index (χ4v) is 3.30. The van der Waals surface area contributed by atoms with Gasteiger partial charge in [-0.25, -0.2) is 4.79 Å². The Hall–Kier alpha value is -3.28. The first-order valence-electron chi connectivity index (χ1n) is 8.50. The summed E-state index contributed by atoms with van der Waals surface area (Å²) in [6.07, 6.45) is -0.864. The number of nitrogens with one attached hydrogen (secondary N) is 2. The van der Waals surface area contributed by atoms with Crippen LogP contribution >= 0.6 is 0 Å². The maximum atomic E-state index is 12.5. The van der Waals surface area contributed by atoms with Crippen molar-refractivity contribution in [2.75, 3.05) is 18.5 Å². The highest BCUT2D eigenvalue weighted by Gasteiger charge is 2.36. The summed E-state index contributed by atoms with van der Waals surface area (Å²) in [5, 5.41) is 5.57. The van der Waals surface area contributed by atoms with Crippen LogP contribution in [0.5, 0.6) is 0 Å². The molecule has 2 aliphatic rings. The van der Waals surface area contributed by atoms with E-state index in [1.54, 1.807) is 6.92 Å². The molecular formula is C20H18N2O4. The molecule has 0 bridgehead atoms. The van der Waals surface area contributed by atoms with Gasteiger partial charge in [0.1, 0.15) is 11.9 Å². The summed E-state index contributed by atoms with van der Waals surface area (Å²) in [6.45, 7) is 2.32. The first kappa shape index (κ1) is 16.2. The number of hydrogen-bond acceptors (Lipinski definition) is 4. The van der Waals surface area contributed by atoms with Gasteiger partial charge in [0.15, 0.2) is 0 Å². The molecule has 1 unspecified atom stereocenters. The maximum Gasteiger partial charge on any atom is 0.407 e. The minimum Gasteiger partial charge on any atom is -0.482 e. The van der Waals surface area contributed by atoms with Crippen LogP contribution < -0.4 is 10.6 Å². The van der Waals surface area contributed by atoms with Crippen LogP contribution in [0.3, 0.4) is 0 Å². The fourth-order valence-electron chi connectivity index (χ4n) is 3.30. The monoisotopic (exact) mass is 350 g/mol. The van der Waals surface area contributed by atoms with Crippen molar-refractivity contribution in [3.05, 3.63) is 65.2 Å². The highest BCUT2D eigenvalue weighted by molar-refractivity contribution is 6.36. The Morgan fingerprint density at radius 2 is 1.88 bits per heavy atom. The Balaban J connectivity index is 1.71. The molecule has 2 amide bonds. The topological polar surface area (TPSA) is 76.7 Å². The summed E-state index contributed by atoms with van der Waals surface area (Å²) in [5.41, 5.74) is 3.91. The van der Waals surface area contributed by atoms with Crippen molar-refractivity contribution < 1.29 is 19.1 Å². The van der Waals surface area contributed by atoms with Crippen molar-refractivity contribution in [3.63, 3.8) is 0 Å². The number of alkyl carbamates (subject to hydrolysis) is 1. The SMILES string of the molecule is CCOC(=O)NCC1OC(=C2C(=O)Nc3ccccc32)c2ccccc21. The van der Waals surface area contributed by atoms with Crippen LogP contribution in [-0.4, -0.2) is 25.2 Å². The van der Waals surface area contributed by atoms with Crippen LogP contribution in [0.25, 0.3) is 11.3 Å². The molecule has 6 heteroatoms. The highest BCUT2D eigenvalue weighted by atomic mass is 16.5. The molecular weight excluding hydrogens is 332 g/mol. The van der Waals surface area contributed by atoms with Gasteiger partial charge in [-0.2, -0.15) is 0 Å². The molecule has 0 aromatic heterocycles. The molecule has 4 rings (SSSR count). The number of carbonyl (C=O) groups is 2.